The minimum absolute atomic E-state index is 0.317. The number of hydrogen-bond acceptors (Lipinski definition) is 4. The lowest BCUT2D eigenvalue weighted by molar-refractivity contribution is -0.136. The van der Waals surface area contributed by atoms with Gasteiger partial charge in [0, 0.05) is 28.0 Å². The third-order valence-electron chi connectivity index (χ3n) is 5.16. The highest BCUT2D eigenvalue weighted by Crippen LogP contribution is 2.44. The number of ketones is 1. The number of benzene rings is 2. The molecule has 0 saturated carbocycles. The third kappa shape index (κ3) is 3.61. The number of Topliss-reactive ketones (excluding diaryl/α,β-unsaturated/α-hetero) is 1. The van der Waals surface area contributed by atoms with Gasteiger partial charge in [0.05, 0.1) is 18.7 Å². The molecule has 5 nitrogen and oxygen atoms in total. The van der Waals surface area contributed by atoms with Crippen LogP contribution in [-0.2, 0) is 16.9 Å². The molecule has 4 rings (SSSR count). The van der Waals surface area contributed by atoms with Gasteiger partial charge in [-0.25, -0.2) is 0 Å². The number of aromatic nitrogens is 1. The van der Waals surface area contributed by atoms with Crippen LogP contribution in [0.2, 0.25) is 0 Å². The number of fused-ring (bicyclic) bond motifs is 1. The van der Waals surface area contributed by atoms with Crippen LogP contribution in [0.15, 0.2) is 71.5 Å². The van der Waals surface area contributed by atoms with E-state index in [2.05, 4.69) is 20.9 Å². The second-order valence-electron chi connectivity index (χ2n) is 7.24. The van der Waals surface area contributed by atoms with Crippen molar-refractivity contribution in [2.24, 2.45) is 0 Å². The zero-order valence-electron chi connectivity index (χ0n) is 15.8. The number of anilines is 1. The molecule has 0 radical (unpaired) electrons. The van der Waals surface area contributed by atoms with Crippen molar-refractivity contribution in [2.45, 2.75) is 25.5 Å². The van der Waals surface area contributed by atoms with E-state index in [1.807, 2.05) is 37.3 Å². The monoisotopic (exact) mass is 450 g/mol. The molecule has 3 aromatic rings. The van der Waals surface area contributed by atoms with Crippen LogP contribution in [0.3, 0.4) is 0 Å². The first-order chi connectivity index (χ1) is 13.9. The summed E-state index contributed by atoms with van der Waals surface area (Å²) in [4.78, 5) is 31.6. The highest BCUT2D eigenvalue weighted by molar-refractivity contribution is 9.10. The van der Waals surface area contributed by atoms with E-state index in [0.717, 1.165) is 15.6 Å². The van der Waals surface area contributed by atoms with Crippen molar-refractivity contribution in [3.63, 3.8) is 0 Å². The van der Waals surface area contributed by atoms with E-state index < -0.39 is 11.5 Å². The number of nitrogens with zero attached hydrogens (tertiary/aromatic N) is 2. The molecule has 0 bridgehead atoms. The molecular formula is C23H19BrN2O3. The predicted octanol–water partition coefficient (Wildman–Crippen LogP) is 4.16. The van der Waals surface area contributed by atoms with E-state index in [9.17, 15) is 14.7 Å². The maximum absolute atomic E-state index is 13.3. The van der Waals surface area contributed by atoms with Crippen LogP contribution in [0.4, 0.5) is 5.69 Å². The highest BCUT2D eigenvalue weighted by atomic mass is 79.9. The number of pyridine rings is 1. The summed E-state index contributed by atoms with van der Waals surface area (Å²) in [5.41, 5.74) is 1.56. The predicted molar refractivity (Wildman–Crippen MR) is 114 cm³/mol. The molecule has 0 saturated heterocycles. The SMILES string of the molecule is Cc1ccc(CN2C(=O)[C@@](O)(CC(=O)c3cccnc3)c3cc(Br)ccc32)cc1. The lowest BCUT2D eigenvalue weighted by Crippen LogP contribution is -2.41. The van der Waals surface area contributed by atoms with Gasteiger partial charge in [0.2, 0.25) is 0 Å². The molecule has 6 heteroatoms. The smallest absolute Gasteiger partial charge is 0.264 e. The Morgan fingerprint density at radius 2 is 1.93 bits per heavy atom. The summed E-state index contributed by atoms with van der Waals surface area (Å²) in [6, 6.07) is 16.5. The Balaban J connectivity index is 1.71. The fourth-order valence-corrected chi connectivity index (χ4v) is 3.95. The molecule has 2 heterocycles. The number of aliphatic hydroxyl groups is 1. The van der Waals surface area contributed by atoms with Gasteiger partial charge in [0.25, 0.3) is 5.91 Å². The minimum atomic E-state index is -1.92. The van der Waals surface area contributed by atoms with Crippen LogP contribution < -0.4 is 4.90 Å². The standard InChI is InChI=1S/C23H19BrN2O3/c1-15-4-6-16(7-5-15)14-26-20-9-8-18(24)11-19(20)23(29,22(26)28)12-21(27)17-3-2-10-25-13-17/h2-11,13,29H,12,14H2,1H3/t23-/m1/s1. The topological polar surface area (TPSA) is 70.5 Å². The first kappa shape index (κ1) is 19.5. The largest absolute Gasteiger partial charge is 0.375 e. The lowest BCUT2D eigenvalue weighted by Gasteiger charge is -2.23. The van der Waals surface area contributed by atoms with Crippen molar-refractivity contribution in [2.75, 3.05) is 4.90 Å². The van der Waals surface area contributed by atoms with E-state index in [4.69, 9.17) is 0 Å². The van der Waals surface area contributed by atoms with E-state index >= 15 is 0 Å². The molecule has 146 valence electrons. The number of carbonyl (C=O) groups is 2. The molecule has 1 aliphatic rings. The number of halogens is 1. The zero-order valence-corrected chi connectivity index (χ0v) is 17.4. The van der Waals surface area contributed by atoms with Gasteiger partial charge in [-0.2, -0.15) is 0 Å². The zero-order chi connectivity index (χ0) is 20.6. The first-order valence-corrected chi connectivity index (χ1v) is 10.0. The van der Waals surface area contributed by atoms with Crippen LogP contribution in [0.1, 0.15) is 33.5 Å². The van der Waals surface area contributed by atoms with E-state index in [1.165, 1.54) is 6.20 Å². The number of rotatable bonds is 5. The molecular weight excluding hydrogens is 432 g/mol. The fraction of sp³-hybridized carbons (Fsp3) is 0.174. The Bertz CT molecular complexity index is 1080. The van der Waals surface area contributed by atoms with Gasteiger partial charge in [0.15, 0.2) is 11.4 Å². The van der Waals surface area contributed by atoms with Gasteiger partial charge in [-0.3, -0.25) is 14.6 Å². The van der Waals surface area contributed by atoms with Crippen LogP contribution >= 0.6 is 15.9 Å². The molecule has 0 spiro atoms. The van der Waals surface area contributed by atoms with Crippen molar-refractivity contribution >= 4 is 33.3 Å². The van der Waals surface area contributed by atoms with Gasteiger partial charge in [0.1, 0.15) is 0 Å². The molecule has 1 aliphatic heterocycles. The van der Waals surface area contributed by atoms with Gasteiger partial charge in [-0.1, -0.05) is 45.8 Å². The Hall–Kier alpha value is -2.83. The van der Waals surface area contributed by atoms with Gasteiger partial charge < -0.3 is 10.0 Å². The summed E-state index contributed by atoms with van der Waals surface area (Å²) < 4.78 is 0.730. The Morgan fingerprint density at radius 3 is 2.62 bits per heavy atom. The maximum Gasteiger partial charge on any atom is 0.264 e. The van der Waals surface area contributed by atoms with Crippen LogP contribution in [0.25, 0.3) is 0 Å². The average Bonchev–Trinajstić information content (AvgIpc) is 2.92. The summed E-state index contributed by atoms with van der Waals surface area (Å²) in [5, 5.41) is 11.4. The quantitative estimate of drug-likeness (QED) is 0.592. The molecule has 29 heavy (non-hydrogen) atoms. The summed E-state index contributed by atoms with van der Waals surface area (Å²) in [6.45, 7) is 2.32. The third-order valence-corrected chi connectivity index (χ3v) is 5.65. The minimum Gasteiger partial charge on any atom is -0.375 e. The van der Waals surface area contributed by atoms with Crippen LogP contribution in [0, 0.1) is 6.92 Å². The van der Waals surface area contributed by atoms with Crippen molar-refractivity contribution < 1.29 is 14.7 Å². The molecule has 1 amide bonds. The Labute approximate surface area is 177 Å². The van der Waals surface area contributed by atoms with E-state index in [-0.39, 0.29) is 12.2 Å². The molecule has 0 fully saturated rings. The normalized spacial score (nSPS) is 18.0. The average molecular weight is 451 g/mol. The van der Waals surface area contributed by atoms with Crippen LogP contribution in [-0.4, -0.2) is 21.8 Å². The summed E-state index contributed by atoms with van der Waals surface area (Å²) in [7, 11) is 0. The molecule has 2 aromatic carbocycles. The van der Waals surface area contributed by atoms with Crippen LogP contribution in [0.5, 0.6) is 0 Å². The first-order valence-electron chi connectivity index (χ1n) is 9.21. The summed E-state index contributed by atoms with van der Waals surface area (Å²) in [5.74, 6) is -0.833. The van der Waals surface area contributed by atoms with Crippen molar-refractivity contribution in [3.8, 4) is 0 Å². The second kappa shape index (κ2) is 7.54. The second-order valence-corrected chi connectivity index (χ2v) is 8.16. The van der Waals surface area contributed by atoms with Crippen molar-refractivity contribution in [1.29, 1.82) is 0 Å². The van der Waals surface area contributed by atoms with Crippen molar-refractivity contribution in [1.82, 2.24) is 4.98 Å². The summed E-state index contributed by atoms with van der Waals surface area (Å²) >= 11 is 3.41. The van der Waals surface area contributed by atoms with E-state index in [1.54, 1.807) is 35.4 Å². The molecule has 0 unspecified atom stereocenters. The fourth-order valence-electron chi connectivity index (χ4n) is 3.59. The molecule has 0 aliphatic carbocycles. The number of hydrogen-bond donors (Lipinski definition) is 1. The van der Waals surface area contributed by atoms with Gasteiger partial charge >= 0.3 is 0 Å². The van der Waals surface area contributed by atoms with Crippen molar-refractivity contribution in [3.05, 3.63) is 93.7 Å². The highest BCUT2D eigenvalue weighted by Gasteiger charge is 2.51. The Kier molecular flexibility index (Phi) is 5.06. The lowest BCUT2D eigenvalue weighted by atomic mass is 9.88. The van der Waals surface area contributed by atoms with Gasteiger partial charge in [-0.15, -0.1) is 0 Å². The number of amides is 1. The van der Waals surface area contributed by atoms with E-state index in [0.29, 0.717) is 23.4 Å². The number of carbonyl (C=O) groups excluding carboxylic acids is 2. The Morgan fingerprint density at radius 1 is 1.17 bits per heavy atom. The number of aryl methyl sites for hydroxylation is 1. The maximum atomic E-state index is 13.3. The van der Waals surface area contributed by atoms with Gasteiger partial charge in [-0.05, 0) is 42.8 Å². The molecule has 1 N–H and O–H groups in total. The summed E-state index contributed by atoms with van der Waals surface area (Å²) in [6.07, 6.45) is 2.67. The molecule has 1 atom stereocenters. The molecule has 1 aromatic heterocycles.